The SMILES string of the molecule is CCc1cccnc1C(N)Cc1ccc(OC)c(F)c1. The number of nitrogens with two attached hydrogens (primary N) is 1. The molecule has 20 heavy (non-hydrogen) atoms. The summed E-state index contributed by atoms with van der Waals surface area (Å²) in [5.74, 6) is -0.122. The van der Waals surface area contributed by atoms with Crippen molar-refractivity contribution in [3.63, 3.8) is 0 Å². The molecule has 2 aromatic rings. The Labute approximate surface area is 118 Å². The lowest BCUT2D eigenvalue weighted by Gasteiger charge is -2.15. The molecule has 0 spiro atoms. The van der Waals surface area contributed by atoms with Gasteiger partial charge in [-0.2, -0.15) is 0 Å². The van der Waals surface area contributed by atoms with Gasteiger partial charge in [-0.3, -0.25) is 4.98 Å². The minimum absolute atomic E-state index is 0.237. The Kier molecular flexibility index (Phi) is 4.69. The number of rotatable bonds is 5. The van der Waals surface area contributed by atoms with Crippen LogP contribution in [0.1, 0.15) is 29.8 Å². The van der Waals surface area contributed by atoms with Gasteiger partial charge in [-0.25, -0.2) is 4.39 Å². The van der Waals surface area contributed by atoms with Gasteiger partial charge >= 0.3 is 0 Å². The molecule has 2 rings (SSSR count). The van der Waals surface area contributed by atoms with Gasteiger partial charge in [-0.05, 0) is 42.2 Å². The molecule has 2 N–H and O–H groups in total. The van der Waals surface area contributed by atoms with E-state index in [0.717, 1.165) is 23.2 Å². The summed E-state index contributed by atoms with van der Waals surface area (Å²) in [5.41, 5.74) is 9.06. The molecule has 1 aromatic heterocycles. The van der Waals surface area contributed by atoms with Gasteiger partial charge in [0.25, 0.3) is 0 Å². The zero-order chi connectivity index (χ0) is 14.5. The smallest absolute Gasteiger partial charge is 0.165 e. The zero-order valence-electron chi connectivity index (χ0n) is 11.8. The van der Waals surface area contributed by atoms with Crippen LogP contribution in [0.4, 0.5) is 4.39 Å². The minimum atomic E-state index is -0.367. The Morgan fingerprint density at radius 3 is 2.80 bits per heavy atom. The predicted octanol–water partition coefficient (Wildman–Crippen LogP) is 3.03. The van der Waals surface area contributed by atoms with Gasteiger partial charge in [0.1, 0.15) is 0 Å². The van der Waals surface area contributed by atoms with Crippen LogP contribution in [0.2, 0.25) is 0 Å². The number of nitrogens with zero attached hydrogens (tertiary/aromatic N) is 1. The topological polar surface area (TPSA) is 48.1 Å². The fourth-order valence-corrected chi connectivity index (χ4v) is 2.27. The van der Waals surface area contributed by atoms with Gasteiger partial charge < -0.3 is 10.5 Å². The van der Waals surface area contributed by atoms with E-state index < -0.39 is 0 Å². The Morgan fingerprint density at radius 1 is 1.35 bits per heavy atom. The Balaban J connectivity index is 2.19. The normalized spacial score (nSPS) is 12.2. The van der Waals surface area contributed by atoms with E-state index in [1.54, 1.807) is 12.3 Å². The zero-order valence-corrected chi connectivity index (χ0v) is 11.8. The summed E-state index contributed by atoms with van der Waals surface area (Å²) in [5, 5.41) is 0. The summed E-state index contributed by atoms with van der Waals surface area (Å²) < 4.78 is 18.6. The first-order valence-corrected chi connectivity index (χ1v) is 6.67. The van der Waals surface area contributed by atoms with Crippen molar-refractivity contribution in [2.24, 2.45) is 5.73 Å². The Hall–Kier alpha value is -1.94. The van der Waals surface area contributed by atoms with Gasteiger partial charge in [0, 0.05) is 6.20 Å². The molecule has 106 valence electrons. The highest BCUT2D eigenvalue weighted by molar-refractivity contribution is 5.31. The summed E-state index contributed by atoms with van der Waals surface area (Å²) in [4.78, 5) is 4.36. The molecule has 0 fully saturated rings. The lowest BCUT2D eigenvalue weighted by Crippen LogP contribution is -2.17. The molecule has 0 amide bonds. The van der Waals surface area contributed by atoms with Crippen molar-refractivity contribution in [2.75, 3.05) is 7.11 Å². The number of pyridine rings is 1. The van der Waals surface area contributed by atoms with E-state index in [1.807, 2.05) is 18.2 Å². The number of hydrogen-bond donors (Lipinski definition) is 1. The second kappa shape index (κ2) is 6.48. The molecule has 1 heterocycles. The molecule has 3 nitrogen and oxygen atoms in total. The number of aromatic nitrogens is 1. The summed E-state index contributed by atoms with van der Waals surface area (Å²) in [6.07, 6.45) is 3.17. The van der Waals surface area contributed by atoms with Crippen LogP contribution in [0.15, 0.2) is 36.5 Å². The first kappa shape index (κ1) is 14.5. The largest absolute Gasteiger partial charge is 0.494 e. The lowest BCUT2D eigenvalue weighted by atomic mass is 9.99. The molecule has 0 bridgehead atoms. The summed E-state index contributed by atoms with van der Waals surface area (Å²) in [7, 11) is 1.45. The molecule has 4 heteroatoms. The van der Waals surface area contributed by atoms with E-state index in [1.165, 1.54) is 13.2 Å². The molecule has 0 aliphatic carbocycles. The Bertz CT molecular complexity index is 586. The third-order valence-electron chi connectivity index (χ3n) is 3.33. The van der Waals surface area contributed by atoms with Gasteiger partial charge in [-0.1, -0.05) is 19.1 Å². The number of benzene rings is 1. The fraction of sp³-hybridized carbons (Fsp3) is 0.312. The standard InChI is InChI=1S/C16H19FN2O/c1-3-12-5-4-8-19-16(12)14(18)10-11-6-7-15(20-2)13(17)9-11/h4-9,14H,3,10,18H2,1-2H3. The molecule has 1 aromatic carbocycles. The first-order chi connectivity index (χ1) is 9.65. The molecule has 0 aliphatic heterocycles. The van der Waals surface area contributed by atoms with Crippen molar-refractivity contribution in [2.45, 2.75) is 25.8 Å². The lowest BCUT2D eigenvalue weighted by molar-refractivity contribution is 0.386. The highest BCUT2D eigenvalue weighted by Gasteiger charge is 2.13. The van der Waals surface area contributed by atoms with Crippen molar-refractivity contribution < 1.29 is 9.13 Å². The monoisotopic (exact) mass is 274 g/mol. The quantitative estimate of drug-likeness (QED) is 0.911. The Morgan fingerprint density at radius 2 is 2.15 bits per heavy atom. The van der Waals surface area contributed by atoms with Crippen molar-refractivity contribution in [1.82, 2.24) is 4.98 Å². The van der Waals surface area contributed by atoms with Crippen LogP contribution in [0.3, 0.4) is 0 Å². The highest BCUT2D eigenvalue weighted by Crippen LogP contribution is 2.22. The molecular weight excluding hydrogens is 255 g/mol. The van der Waals surface area contributed by atoms with Crippen LogP contribution in [0, 0.1) is 5.82 Å². The minimum Gasteiger partial charge on any atom is -0.494 e. The number of aryl methyl sites for hydroxylation is 1. The van der Waals surface area contributed by atoms with Crippen LogP contribution in [-0.4, -0.2) is 12.1 Å². The first-order valence-electron chi connectivity index (χ1n) is 6.67. The van der Waals surface area contributed by atoms with E-state index in [4.69, 9.17) is 10.5 Å². The molecular formula is C16H19FN2O. The maximum Gasteiger partial charge on any atom is 0.165 e. The third-order valence-corrected chi connectivity index (χ3v) is 3.33. The number of halogens is 1. The van der Waals surface area contributed by atoms with E-state index in [-0.39, 0.29) is 17.6 Å². The second-order valence-electron chi connectivity index (χ2n) is 4.68. The summed E-state index contributed by atoms with van der Waals surface area (Å²) in [6.45, 7) is 2.07. The van der Waals surface area contributed by atoms with Crippen molar-refractivity contribution in [3.05, 3.63) is 59.2 Å². The summed E-state index contributed by atoms with van der Waals surface area (Å²) in [6, 6.07) is 8.61. The van der Waals surface area contributed by atoms with Crippen LogP contribution < -0.4 is 10.5 Å². The van der Waals surface area contributed by atoms with Crippen molar-refractivity contribution in [3.8, 4) is 5.75 Å². The second-order valence-corrected chi connectivity index (χ2v) is 4.68. The highest BCUT2D eigenvalue weighted by atomic mass is 19.1. The third kappa shape index (κ3) is 3.14. The van der Waals surface area contributed by atoms with Crippen molar-refractivity contribution in [1.29, 1.82) is 0 Å². The maximum absolute atomic E-state index is 13.7. The average Bonchev–Trinajstić information content (AvgIpc) is 2.47. The number of ether oxygens (including phenoxy) is 1. The molecule has 0 aliphatic rings. The molecule has 0 saturated heterocycles. The number of hydrogen-bond acceptors (Lipinski definition) is 3. The van der Waals surface area contributed by atoms with Crippen LogP contribution in [-0.2, 0) is 12.8 Å². The molecule has 1 unspecified atom stereocenters. The molecule has 1 atom stereocenters. The van der Waals surface area contributed by atoms with E-state index in [2.05, 4.69) is 11.9 Å². The van der Waals surface area contributed by atoms with E-state index >= 15 is 0 Å². The van der Waals surface area contributed by atoms with E-state index in [9.17, 15) is 4.39 Å². The van der Waals surface area contributed by atoms with Crippen molar-refractivity contribution >= 4 is 0 Å². The predicted molar refractivity (Wildman–Crippen MR) is 77.2 cm³/mol. The van der Waals surface area contributed by atoms with E-state index in [0.29, 0.717) is 6.42 Å². The molecule has 0 radical (unpaired) electrons. The van der Waals surface area contributed by atoms with Gasteiger partial charge in [0.15, 0.2) is 11.6 Å². The van der Waals surface area contributed by atoms with Crippen LogP contribution in [0.5, 0.6) is 5.75 Å². The van der Waals surface area contributed by atoms with Gasteiger partial charge in [0.2, 0.25) is 0 Å². The van der Waals surface area contributed by atoms with Crippen LogP contribution >= 0.6 is 0 Å². The van der Waals surface area contributed by atoms with Gasteiger partial charge in [0.05, 0.1) is 18.8 Å². The molecule has 0 saturated carbocycles. The van der Waals surface area contributed by atoms with Gasteiger partial charge in [-0.15, -0.1) is 0 Å². The van der Waals surface area contributed by atoms with Crippen LogP contribution in [0.25, 0.3) is 0 Å². The maximum atomic E-state index is 13.7. The fourth-order valence-electron chi connectivity index (χ4n) is 2.27. The average molecular weight is 274 g/mol. The number of methoxy groups -OCH3 is 1. The summed E-state index contributed by atoms with van der Waals surface area (Å²) >= 11 is 0.